The van der Waals surface area contributed by atoms with Crippen molar-refractivity contribution in [3.8, 4) is 0 Å². The lowest BCUT2D eigenvalue weighted by atomic mass is 10.1. The van der Waals surface area contributed by atoms with E-state index in [-0.39, 0.29) is 23.8 Å². The first-order valence-electron chi connectivity index (χ1n) is 15.4. The zero-order valence-electron chi connectivity index (χ0n) is 27.2. The van der Waals surface area contributed by atoms with Gasteiger partial charge in [0.05, 0.1) is 19.3 Å². The molecule has 5 rings (SSSR count). The van der Waals surface area contributed by atoms with Crippen molar-refractivity contribution in [2.24, 2.45) is 0 Å². The van der Waals surface area contributed by atoms with Crippen LogP contribution in [0.5, 0.6) is 0 Å². The summed E-state index contributed by atoms with van der Waals surface area (Å²) in [7, 11) is 1.24. The molecular weight excluding hydrogens is 590 g/mol. The molecule has 13 heteroatoms. The molecule has 0 bridgehead atoms. The number of benzene rings is 1. The van der Waals surface area contributed by atoms with Crippen LogP contribution < -0.4 is 21.5 Å². The monoisotopic (exact) mass is 631 g/mol. The second-order valence-electron chi connectivity index (χ2n) is 12.7. The molecule has 3 aromatic heterocycles. The van der Waals surface area contributed by atoms with E-state index in [1.165, 1.54) is 11.7 Å². The van der Waals surface area contributed by atoms with Crippen molar-refractivity contribution in [2.75, 3.05) is 25.1 Å². The van der Waals surface area contributed by atoms with Gasteiger partial charge in [0.1, 0.15) is 12.1 Å². The molecule has 1 saturated heterocycles. The van der Waals surface area contributed by atoms with E-state index >= 15 is 0 Å². The van der Waals surface area contributed by atoms with Gasteiger partial charge in [-0.05, 0) is 58.9 Å². The first-order chi connectivity index (χ1) is 21.9. The minimum atomic E-state index is -0.695. The highest BCUT2D eigenvalue weighted by Crippen LogP contribution is 2.25. The fourth-order valence-corrected chi connectivity index (χ4v) is 5.65. The molecule has 1 atom stereocenters. The number of rotatable bonds is 8. The number of allylic oxidation sites excluding steroid dienone is 2. The molecule has 0 radical (unpaired) electrons. The number of carbonyl (C=O) groups excluding carboxylic acids is 2. The maximum atomic E-state index is 14.3. The number of piperidine rings is 1. The predicted molar refractivity (Wildman–Crippen MR) is 175 cm³/mol. The van der Waals surface area contributed by atoms with E-state index in [1.54, 1.807) is 10.8 Å². The molecular formula is C33H41N7O6. The molecule has 1 fully saturated rings. The van der Waals surface area contributed by atoms with Crippen LogP contribution in [-0.2, 0) is 33.9 Å². The number of anilines is 1. The van der Waals surface area contributed by atoms with Crippen molar-refractivity contribution in [1.29, 1.82) is 0 Å². The van der Waals surface area contributed by atoms with Crippen molar-refractivity contribution in [3.05, 3.63) is 74.7 Å². The zero-order chi connectivity index (χ0) is 33.2. The summed E-state index contributed by atoms with van der Waals surface area (Å²) in [5, 5.41) is 4.69. The zero-order valence-corrected chi connectivity index (χ0v) is 27.2. The number of pyridine rings is 1. The third-order valence-corrected chi connectivity index (χ3v) is 7.78. The Bertz CT molecular complexity index is 1920. The minimum absolute atomic E-state index is 0.0851. The van der Waals surface area contributed by atoms with Crippen LogP contribution >= 0.6 is 0 Å². The highest BCUT2D eigenvalue weighted by molar-refractivity contribution is 5.84. The largest absolute Gasteiger partial charge is 0.468 e. The maximum Gasteiger partial charge on any atom is 0.407 e. The summed E-state index contributed by atoms with van der Waals surface area (Å²) in [6, 6.07) is 9.25. The van der Waals surface area contributed by atoms with E-state index in [0.29, 0.717) is 31.3 Å². The molecule has 1 N–H and O–H groups in total. The van der Waals surface area contributed by atoms with Crippen molar-refractivity contribution >= 4 is 39.9 Å². The van der Waals surface area contributed by atoms with Gasteiger partial charge in [-0.2, -0.15) is 4.98 Å². The molecule has 1 aliphatic heterocycles. The number of carbonyl (C=O) groups is 2. The van der Waals surface area contributed by atoms with Gasteiger partial charge in [-0.3, -0.25) is 23.7 Å². The fourth-order valence-electron chi connectivity index (χ4n) is 5.65. The molecule has 4 heterocycles. The molecule has 244 valence electrons. The Morgan fingerprint density at radius 2 is 1.85 bits per heavy atom. The Labute approximate surface area is 266 Å². The fraction of sp³-hybridized carbons (Fsp3) is 0.455. The average Bonchev–Trinajstić information content (AvgIpc) is 3.39. The van der Waals surface area contributed by atoms with Gasteiger partial charge in [0.15, 0.2) is 11.2 Å². The van der Waals surface area contributed by atoms with Crippen molar-refractivity contribution in [1.82, 2.24) is 29.0 Å². The number of hydrogen-bond donors (Lipinski definition) is 1. The van der Waals surface area contributed by atoms with Crippen LogP contribution in [0.3, 0.4) is 0 Å². The maximum absolute atomic E-state index is 14.3. The Hall–Kier alpha value is -4.94. The SMILES string of the molecule is COC(=O)Cn1c(=O)n(Cc2nccc3ccccc23)c(=O)c2c1nc(N1CCCC(NC(=O)OC(C)(C)C)C1)n2CC=C(C)C. The summed E-state index contributed by atoms with van der Waals surface area (Å²) < 4.78 is 14.5. The van der Waals surface area contributed by atoms with E-state index < -0.39 is 35.5 Å². The number of fused-ring (bicyclic) bond motifs is 2. The predicted octanol–water partition coefficient (Wildman–Crippen LogP) is 3.59. The molecule has 1 amide bonds. The Morgan fingerprint density at radius 1 is 1.09 bits per heavy atom. The quantitative estimate of drug-likeness (QED) is 0.228. The second kappa shape index (κ2) is 13.2. The number of nitrogens with zero attached hydrogens (tertiary/aromatic N) is 6. The van der Waals surface area contributed by atoms with Crippen LogP contribution in [0.15, 0.2) is 57.8 Å². The minimum Gasteiger partial charge on any atom is -0.468 e. The van der Waals surface area contributed by atoms with Gasteiger partial charge in [0.2, 0.25) is 5.95 Å². The van der Waals surface area contributed by atoms with Gasteiger partial charge in [-0.15, -0.1) is 0 Å². The first kappa shape index (κ1) is 32.5. The highest BCUT2D eigenvalue weighted by Gasteiger charge is 2.30. The normalized spacial score (nSPS) is 15.2. The van der Waals surface area contributed by atoms with Crippen LogP contribution in [0.2, 0.25) is 0 Å². The Morgan fingerprint density at radius 3 is 2.57 bits per heavy atom. The summed E-state index contributed by atoms with van der Waals surface area (Å²) in [6.45, 7) is 10.1. The first-order valence-corrected chi connectivity index (χ1v) is 15.4. The number of ether oxygens (including phenoxy) is 2. The molecule has 0 spiro atoms. The summed E-state index contributed by atoms with van der Waals surface area (Å²) >= 11 is 0. The van der Waals surface area contributed by atoms with Gasteiger partial charge in [0, 0.05) is 37.3 Å². The number of alkyl carbamates (subject to hydrolysis) is 1. The summed E-state index contributed by atoms with van der Waals surface area (Å²) in [4.78, 5) is 64.8. The molecule has 0 saturated carbocycles. The van der Waals surface area contributed by atoms with Gasteiger partial charge >= 0.3 is 17.8 Å². The van der Waals surface area contributed by atoms with E-state index in [9.17, 15) is 19.2 Å². The molecule has 1 aromatic carbocycles. The summed E-state index contributed by atoms with van der Waals surface area (Å²) in [6.07, 6.45) is 4.59. The summed E-state index contributed by atoms with van der Waals surface area (Å²) in [5.41, 5.74) is -0.0404. The Kier molecular flexibility index (Phi) is 9.31. The van der Waals surface area contributed by atoms with Gasteiger partial charge in [0.25, 0.3) is 5.56 Å². The van der Waals surface area contributed by atoms with E-state index in [2.05, 4.69) is 10.3 Å². The van der Waals surface area contributed by atoms with Crippen LogP contribution in [0.1, 0.15) is 53.2 Å². The molecule has 13 nitrogen and oxygen atoms in total. The molecule has 0 aliphatic carbocycles. The number of imidazole rings is 1. The average molecular weight is 632 g/mol. The van der Waals surface area contributed by atoms with E-state index in [1.807, 2.05) is 75.9 Å². The highest BCUT2D eigenvalue weighted by atomic mass is 16.6. The molecule has 4 aromatic rings. The van der Waals surface area contributed by atoms with E-state index in [4.69, 9.17) is 14.5 Å². The third kappa shape index (κ3) is 6.98. The third-order valence-electron chi connectivity index (χ3n) is 7.78. The van der Waals surface area contributed by atoms with Crippen molar-refractivity contribution in [3.63, 3.8) is 0 Å². The van der Waals surface area contributed by atoms with Gasteiger partial charge < -0.3 is 24.3 Å². The molecule has 1 aliphatic rings. The van der Waals surface area contributed by atoms with Crippen LogP contribution in [-0.4, -0.2) is 67.6 Å². The van der Waals surface area contributed by atoms with Crippen molar-refractivity contribution < 1.29 is 19.1 Å². The van der Waals surface area contributed by atoms with Crippen molar-refractivity contribution in [2.45, 2.75) is 78.7 Å². The van der Waals surface area contributed by atoms with Crippen LogP contribution in [0.4, 0.5) is 10.7 Å². The van der Waals surface area contributed by atoms with Crippen LogP contribution in [0, 0.1) is 0 Å². The topological polar surface area (TPSA) is 143 Å². The number of aromatic nitrogens is 5. The number of amides is 1. The smallest absolute Gasteiger partial charge is 0.407 e. The lowest BCUT2D eigenvalue weighted by Gasteiger charge is -2.34. The van der Waals surface area contributed by atoms with Gasteiger partial charge in [-0.25, -0.2) is 9.59 Å². The standard InChI is InChI=1S/C33H41N7O6/c1-21(2)14-17-38-27-28(36-30(38)37-16-9-11-23(18-37)35-31(43)46-33(3,4)5)39(20-26(41)45-6)32(44)40(29(27)42)19-25-24-12-8-7-10-22(24)13-15-34-25/h7-8,10,12-15,23H,9,11,16-20H2,1-6H3,(H,35,43). The molecule has 46 heavy (non-hydrogen) atoms. The Balaban J connectivity index is 1.66. The summed E-state index contributed by atoms with van der Waals surface area (Å²) in [5.74, 6) is -0.198. The van der Waals surface area contributed by atoms with E-state index in [0.717, 1.165) is 33.8 Å². The lowest BCUT2D eigenvalue weighted by Crippen LogP contribution is -2.49. The number of methoxy groups -OCH3 is 1. The molecule has 1 unspecified atom stereocenters. The number of hydrogen-bond acceptors (Lipinski definition) is 9. The lowest BCUT2D eigenvalue weighted by molar-refractivity contribution is -0.141. The second-order valence-corrected chi connectivity index (χ2v) is 12.7. The van der Waals surface area contributed by atoms with Gasteiger partial charge in [-0.1, -0.05) is 35.9 Å². The number of nitrogens with one attached hydrogen (secondary N) is 1. The van der Waals surface area contributed by atoms with Crippen LogP contribution in [0.25, 0.3) is 21.9 Å². The number of esters is 1.